The molecule has 0 aromatic heterocycles. The van der Waals surface area contributed by atoms with Crippen molar-refractivity contribution in [1.29, 1.82) is 0 Å². The summed E-state index contributed by atoms with van der Waals surface area (Å²) >= 11 is 0. The minimum absolute atomic E-state index is 0.133. The molecule has 0 bridgehead atoms. The summed E-state index contributed by atoms with van der Waals surface area (Å²) in [6, 6.07) is 9.78. The van der Waals surface area contributed by atoms with Crippen LogP contribution in [0, 0.1) is 0 Å². The fraction of sp³-hybridized carbons (Fsp3) is 0.611. The van der Waals surface area contributed by atoms with Gasteiger partial charge in [-0.05, 0) is 33.3 Å². The number of carbonyl (C=O) groups is 1. The molecule has 5 nitrogen and oxygen atoms in total. The number of hydrogen-bond acceptors (Lipinski definition) is 4. The molecule has 1 aliphatic heterocycles. The molecule has 1 N–H and O–H groups in total. The number of morpholine rings is 1. The van der Waals surface area contributed by atoms with E-state index in [1.54, 1.807) is 4.90 Å². The van der Waals surface area contributed by atoms with Crippen molar-refractivity contribution in [2.45, 2.75) is 58.0 Å². The Balaban J connectivity index is 1.98. The number of amides is 1. The molecule has 1 saturated heterocycles. The predicted octanol–water partition coefficient (Wildman–Crippen LogP) is 2.61. The van der Waals surface area contributed by atoms with Crippen molar-refractivity contribution in [3.05, 3.63) is 35.9 Å². The molecule has 3 unspecified atom stereocenters. The Bertz CT molecular complexity index is 512. The zero-order valence-corrected chi connectivity index (χ0v) is 14.4. The van der Waals surface area contributed by atoms with Gasteiger partial charge in [0.1, 0.15) is 11.7 Å². The van der Waals surface area contributed by atoms with Crippen LogP contribution < -0.4 is 0 Å². The topological polar surface area (TPSA) is 59.0 Å². The molecule has 0 aliphatic carbocycles. The molecule has 1 heterocycles. The van der Waals surface area contributed by atoms with Crippen molar-refractivity contribution in [1.82, 2.24) is 4.90 Å². The van der Waals surface area contributed by atoms with Gasteiger partial charge in [0, 0.05) is 6.42 Å². The highest BCUT2D eigenvalue weighted by atomic mass is 16.6. The van der Waals surface area contributed by atoms with Crippen LogP contribution in [0.3, 0.4) is 0 Å². The van der Waals surface area contributed by atoms with E-state index < -0.39 is 17.8 Å². The van der Waals surface area contributed by atoms with Crippen LogP contribution in [-0.4, -0.2) is 53.1 Å². The van der Waals surface area contributed by atoms with E-state index in [0.29, 0.717) is 19.5 Å². The molecular weight excluding hydrogens is 294 g/mol. The second kappa shape index (κ2) is 7.32. The number of aliphatic hydroxyl groups is 1. The fourth-order valence-electron chi connectivity index (χ4n) is 2.66. The molecule has 23 heavy (non-hydrogen) atoms. The molecule has 2 rings (SSSR count). The number of carbonyl (C=O) groups excluding carboxylic acids is 1. The molecule has 0 radical (unpaired) electrons. The molecule has 3 atom stereocenters. The lowest BCUT2D eigenvalue weighted by molar-refractivity contribution is -0.122. The first-order chi connectivity index (χ1) is 10.7. The first-order valence-electron chi connectivity index (χ1n) is 8.10. The van der Waals surface area contributed by atoms with Crippen LogP contribution in [0.1, 0.15) is 33.3 Å². The van der Waals surface area contributed by atoms with Crippen molar-refractivity contribution in [2.75, 3.05) is 13.1 Å². The number of aliphatic hydroxyl groups excluding tert-OH is 1. The fourth-order valence-corrected chi connectivity index (χ4v) is 2.66. The predicted molar refractivity (Wildman–Crippen MR) is 88.3 cm³/mol. The Morgan fingerprint density at radius 2 is 2.00 bits per heavy atom. The lowest BCUT2D eigenvalue weighted by atomic mass is 10.0. The molecule has 0 spiro atoms. The Morgan fingerprint density at radius 1 is 1.35 bits per heavy atom. The maximum atomic E-state index is 12.3. The first-order valence-corrected chi connectivity index (χ1v) is 8.10. The van der Waals surface area contributed by atoms with Gasteiger partial charge in [-0.3, -0.25) is 0 Å². The van der Waals surface area contributed by atoms with Crippen molar-refractivity contribution in [3.63, 3.8) is 0 Å². The van der Waals surface area contributed by atoms with E-state index >= 15 is 0 Å². The number of rotatable bonds is 3. The van der Waals surface area contributed by atoms with Gasteiger partial charge in [-0.25, -0.2) is 4.79 Å². The summed E-state index contributed by atoms with van der Waals surface area (Å²) < 4.78 is 11.3. The average Bonchev–Trinajstić information content (AvgIpc) is 2.46. The normalized spacial score (nSPS) is 23.4. The van der Waals surface area contributed by atoms with Crippen LogP contribution in [0.2, 0.25) is 0 Å². The highest BCUT2D eigenvalue weighted by Crippen LogP contribution is 2.19. The molecule has 128 valence electrons. The van der Waals surface area contributed by atoms with E-state index in [1.807, 2.05) is 58.0 Å². The van der Waals surface area contributed by atoms with E-state index in [2.05, 4.69) is 0 Å². The second-order valence-corrected chi connectivity index (χ2v) is 7.13. The Labute approximate surface area is 138 Å². The van der Waals surface area contributed by atoms with Crippen molar-refractivity contribution >= 4 is 6.09 Å². The van der Waals surface area contributed by atoms with Crippen LogP contribution in [-0.2, 0) is 15.9 Å². The summed E-state index contributed by atoms with van der Waals surface area (Å²) in [6.45, 7) is 8.25. The molecule has 0 saturated carbocycles. The van der Waals surface area contributed by atoms with Gasteiger partial charge in [0.25, 0.3) is 0 Å². The quantitative estimate of drug-likeness (QED) is 0.930. The first kappa shape index (κ1) is 17.8. The van der Waals surface area contributed by atoms with Gasteiger partial charge in [0.15, 0.2) is 0 Å². The SMILES string of the molecule is CC1CN(C(=O)OC(C)(C)C)CC(C(O)Cc2ccccc2)O1. The van der Waals surface area contributed by atoms with E-state index in [4.69, 9.17) is 9.47 Å². The highest BCUT2D eigenvalue weighted by molar-refractivity contribution is 5.68. The van der Waals surface area contributed by atoms with E-state index in [1.165, 1.54) is 0 Å². The van der Waals surface area contributed by atoms with Gasteiger partial charge < -0.3 is 19.5 Å². The number of benzene rings is 1. The Morgan fingerprint density at radius 3 is 2.61 bits per heavy atom. The van der Waals surface area contributed by atoms with Gasteiger partial charge in [-0.2, -0.15) is 0 Å². The van der Waals surface area contributed by atoms with Crippen LogP contribution in [0.15, 0.2) is 30.3 Å². The van der Waals surface area contributed by atoms with Gasteiger partial charge >= 0.3 is 6.09 Å². The summed E-state index contributed by atoms with van der Waals surface area (Å²) in [5.41, 5.74) is 0.516. The third-order valence-electron chi connectivity index (χ3n) is 3.65. The summed E-state index contributed by atoms with van der Waals surface area (Å²) in [7, 11) is 0. The summed E-state index contributed by atoms with van der Waals surface area (Å²) in [5.74, 6) is 0. The maximum absolute atomic E-state index is 12.3. The minimum atomic E-state index is -0.662. The van der Waals surface area contributed by atoms with Crippen molar-refractivity contribution in [2.24, 2.45) is 0 Å². The molecule has 1 fully saturated rings. The summed E-state index contributed by atoms with van der Waals surface area (Å²) in [6.07, 6.45) is -1.06. The largest absolute Gasteiger partial charge is 0.444 e. The summed E-state index contributed by atoms with van der Waals surface area (Å²) in [4.78, 5) is 13.9. The number of ether oxygens (including phenoxy) is 2. The standard InChI is InChI=1S/C18H27NO4/c1-13-11-19(17(21)23-18(2,3)4)12-16(22-13)15(20)10-14-8-6-5-7-9-14/h5-9,13,15-16,20H,10-12H2,1-4H3. The lowest BCUT2D eigenvalue weighted by Crippen LogP contribution is -2.54. The highest BCUT2D eigenvalue weighted by Gasteiger charge is 2.34. The smallest absolute Gasteiger partial charge is 0.410 e. The minimum Gasteiger partial charge on any atom is -0.444 e. The Hall–Kier alpha value is -1.59. The van der Waals surface area contributed by atoms with Crippen LogP contribution in [0.5, 0.6) is 0 Å². The van der Waals surface area contributed by atoms with Crippen molar-refractivity contribution < 1.29 is 19.4 Å². The Kier molecular flexibility index (Phi) is 5.65. The number of hydrogen-bond donors (Lipinski definition) is 1. The second-order valence-electron chi connectivity index (χ2n) is 7.13. The third-order valence-corrected chi connectivity index (χ3v) is 3.65. The van der Waals surface area contributed by atoms with Gasteiger partial charge in [-0.15, -0.1) is 0 Å². The number of nitrogens with zero attached hydrogens (tertiary/aromatic N) is 1. The molecule has 1 aromatic carbocycles. The van der Waals surface area contributed by atoms with Crippen LogP contribution in [0.25, 0.3) is 0 Å². The molecular formula is C18H27NO4. The van der Waals surface area contributed by atoms with E-state index in [0.717, 1.165) is 5.56 Å². The van der Waals surface area contributed by atoms with E-state index in [-0.39, 0.29) is 12.2 Å². The third kappa shape index (κ3) is 5.52. The molecule has 1 amide bonds. The van der Waals surface area contributed by atoms with Gasteiger partial charge in [0.05, 0.1) is 25.3 Å². The zero-order valence-electron chi connectivity index (χ0n) is 14.4. The van der Waals surface area contributed by atoms with Crippen LogP contribution in [0.4, 0.5) is 4.79 Å². The summed E-state index contributed by atoms with van der Waals surface area (Å²) in [5, 5.41) is 10.5. The molecule has 5 heteroatoms. The van der Waals surface area contributed by atoms with Crippen molar-refractivity contribution in [3.8, 4) is 0 Å². The average molecular weight is 321 g/mol. The zero-order chi connectivity index (χ0) is 17.0. The van der Waals surface area contributed by atoms with E-state index in [9.17, 15) is 9.90 Å². The lowest BCUT2D eigenvalue weighted by Gasteiger charge is -2.39. The maximum Gasteiger partial charge on any atom is 0.410 e. The monoisotopic (exact) mass is 321 g/mol. The molecule has 1 aromatic rings. The van der Waals surface area contributed by atoms with Crippen LogP contribution >= 0.6 is 0 Å². The van der Waals surface area contributed by atoms with Gasteiger partial charge in [0.2, 0.25) is 0 Å². The molecule has 1 aliphatic rings. The van der Waals surface area contributed by atoms with Gasteiger partial charge in [-0.1, -0.05) is 30.3 Å².